The van der Waals surface area contributed by atoms with Crippen molar-refractivity contribution in [2.24, 2.45) is 10.8 Å². The minimum Gasteiger partial charge on any atom is -0.227 e. The molecule has 4 heteroatoms. The second-order valence-electron chi connectivity index (χ2n) is 5.60. The lowest BCUT2D eigenvalue weighted by molar-refractivity contribution is 0.181. The quantitative estimate of drug-likeness (QED) is 0.635. The monoisotopic (exact) mass is 272 g/mol. The van der Waals surface area contributed by atoms with Crippen molar-refractivity contribution in [3.05, 3.63) is 24.3 Å². The molecule has 0 aromatic heterocycles. The predicted octanol–water partition coefficient (Wildman–Crippen LogP) is 3.04. The molecule has 1 aliphatic heterocycles. The number of hydrogen-bond acceptors (Lipinski definition) is 2. The van der Waals surface area contributed by atoms with Crippen LogP contribution in [0.5, 0.6) is 0 Å². The normalized spacial score (nSPS) is 47.2. The van der Waals surface area contributed by atoms with Crippen LogP contribution in [0.3, 0.4) is 0 Å². The van der Waals surface area contributed by atoms with Crippen molar-refractivity contribution >= 4 is 21.4 Å². The number of alkyl halides is 1. The van der Waals surface area contributed by atoms with Crippen LogP contribution in [-0.4, -0.2) is 18.9 Å². The summed E-state index contributed by atoms with van der Waals surface area (Å²) < 4.78 is 23.7. The van der Waals surface area contributed by atoms with Crippen LogP contribution in [0.2, 0.25) is 0 Å². The van der Waals surface area contributed by atoms with Crippen molar-refractivity contribution in [3.8, 4) is 0 Å². The summed E-state index contributed by atoms with van der Waals surface area (Å²) in [6, 6.07) is 0. The maximum absolute atomic E-state index is 12.2. The van der Waals surface area contributed by atoms with E-state index in [1.807, 2.05) is 12.2 Å². The Bertz CT molecular complexity index is 494. The van der Waals surface area contributed by atoms with Crippen LogP contribution in [0.15, 0.2) is 24.3 Å². The van der Waals surface area contributed by atoms with E-state index in [0.29, 0.717) is 0 Å². The first kappa shape index (κ1) is 11.8. The van der Waals surface area contributed by atoms with E-state index in [0.717, 1.165) is 25.7 Å². The van der Waals surface area contributed by atoms with E-state index < -0.39 is 14.5 Å². The van der Waals surface area contributed by atoms with E-state index >= 15 is 0 Å². The average Bonchev–Trinajstić information content (AvgIpc) is 2.43. The SMILES string of the molecule is O=S1(=O)C[C@]23C=CC=C[C@@]2(CCCCC3)[C@@H]1Cl. The van der Waals surface area contributed by atoms with Crippen molar-refractivity contribution in [2.45, 2.75) is 36.8 Å². The molecular formula is C13H17ClO2S. The van der Waals surface area contributed by atoms with Crippen LogP contribution >= 0.6 is 11.6 Å². The third-order valence-corrected chi connectivity index (χ3v) is 7.91. The largest absolute Gasteiger partial charge is 0.227 e. The van der Waals surface area contributed by atoms with Crippen molar-refractivity contribution in [1.29, 1.82) is 0 Å². The fourth-order valence-corrected chi connectivity index (χ4v) is 6.93. The van der Waals surface area contributed by atoms with Crippen molar-refractivity contribution in [1.82, 2.24) is 0 Å². The van der Waals surface area contributed by atoms with Gasteiger partial charge >= 0.3 is 0 Å². The van der Waals surface area contributed by atoms with Crippen LogP contribution in [0, 0.1) is 10.8 Å². The van der Waals surface area contributed by atoms with Gasteiger partial charge in [-0.3, -0.25) is 0 Å². The summed E-state index contributed by atoms with van der Waals surface area (Å²) in [7, 11) is -3.16. The molecule has 1 saturated carbocycles. The van der Waals surface area contributed by atoms with Crippen LogP contribution < -0.4 is 0 Å². The first-order valence-electron chi connectivity index (χ1n) is 6.25. The molecule has 0 N–H and O–H groups in total. The van der Waals surface area contributed by atoms with E-state index in [1.54, 1.807) is 0 Å². The molecule has 0 bridgehead atoms. The molecule has 3 aliphatic rings. The summed E-state index contributed by atoms with van der Waals surface area (Å²) >= 11 is 6.34. The number of sulfone groups is 1. The molecule has 0 unspecified atom stereocenters. The van der Waals surface area contributed by atoms with E-state index in [-0.39, 0.29) is 16.6 Å². The van der Waals surface area contributed by atoms with Gasteiger partial charge in [0.2, 0.25) is 0 Å². The van der Waals surface area contributed by atoms with E-state index in [1.165, 1.54) is 6.42 Å². The van der Waals surface area contributed by atoms with E-state index in [4.69, 9.17) is 11.6 Å². The van der Waals surface area contributed by atoms with Crippen molar-refractivity contribution < 1.29 is 8.42 Å². The van der Waals surface area contributed by atoms with E-state index in [2.05, 4.69) is 12.2 Å². The molecule has 0 amide bonds. The fraction of sp³-hybridized carbons (Fsp3) is 0.692. The Kier molecular flexibility index (Phi) is 2.50. The Balaban J connectivity index is 2.21. The zero-order chi connectivity index (χ0) is 12.1. The molecule has 2 aliphatic carbocycles. The third kappa shape index (κ3) is 1.42. The average molecular weight is 273 g/mol. The van der Waals surface area contributed by atoms with Crippen LogP contribution in [0.4, 0.5) is 0 Å². The molecule has 3 atom stereocenters. The smallest absolute Gasteiger partial charge is 0.168 e. The summed E-state index contributed by atoms with van der Waals surface area (Å²) in [5.74, 6) is 0.231. The van der Waals surface area contributed by atoms with Crippen molar-refractivity contribution in [3.63, 3.8) is 0 Å². The predicted molar refractivity (Wildman–Crippen MR) is 69.7 cm³/mol. The number of hydrogen-bond donors (Lipinski definition) is 0. The molecular weight excluding hydrogens is 256 g/mol. The lowest BCUT2D eigenvalue weighted by Crippen LogP contribution is -2.41. The van der Waals surface area contributed by atoms with Gasteiger partial charge in [-0.2, -0.15) is 0 Å². The molecule has 94 valence electrons. The highest BCUT2D eigenvalue weighted by Gasteiger charge is 2.64. The Hall–Kier alpha value is -0.280. The summed E-state index contributed by atoms with van der Waals surface area (Å²) in [5, 5.41) is 0. The molecule has 2 nitrogen and oxygen atoms in total. The second-order valence-corrected chi connectivity index (χ2v) is 8.38. The van der Waals surface area contributed by atoms with E-state index in [9.17, 15) is 8.42 Å². The van der Waals surface area contributed by atoms with Gasteiger partial charge in [-0.05, 0) is 12.8 Å². The Morgan fingerprint density at radius 1 is 1.06 bits per heavy atom. The van der Waals surface area contributed by atoms with Gasteiger partial charge < -0.3 is 0 Å². The highest BCUT2D eigenvalue weighted by atomic mass is 35.5. The minimum atomic E-state index is -3.16. The fourth-order valence-electron chi connectivity index (χ4n) is 3.89. The molecule has 0 aromatic carbocycles. The highest BCUT2D eigenvalue weighted by Crippen LogP contribution is 2.62. The zero-order valence-electron chi connectivity index (χ0n) is 9.73. The Morgan fingerprint density at radius 3 is 2.59 bits per heavy atom. The molecule has 1 heterocycles. The number of halogens is 1. The summed E-state index contributed by atoms with van der Waals surface area (Å²) in [6.07, 6.45) is 13.4. The highest BCUT2D eigenvalue weighted by molar-refractivity contribution is 7.93. The van der Waals surface area contributed by atoms with Crippen LogP contribution in [0.1, 0.15) is 32.1 Å². The first-order valence-corrected chi connectivity index (χ1v) is 8.40. The zero-order valence-corrected chi connectivity index (χ0v) is 11.3. The maximum atomic E-state index is 12.2. The van der Waals surface area contributed by atoms with Gasteiger partial charge in [-0.1, -0.05) is 43.6 Å². The molecule has 3 rings (SSSR count). The Labute approximate surface area is 108 Å². The summed E-state index contributed by atoms with van der Waals surface area (Å²) in [5.41, 5.74) is -0.581. The molecule has 0 spiro atoms. The minimum absolute atomic E-state index is 0.231. The number of rotatable bonds is 0. The van der Waals surface area contributed by atoms with Crippen LogP contribution in [-0.2, 0) is 9.84 Å². The maximum Gasteiger partial charge on any atom is 0.168 e. The van der Waals surface area contributed by atoms with Gasteiger partial charge in [0.15, 0.2) is 9.84 Å². The second kappa shape index (κ2) is 3.61. The standard InChI is InChI=1S/C13H17ClO2S/c14-11-13-8-3-1-2-6-12(13,7-4-5-9-13)10-17(11,15)16/h4-5,7,9,11H,1-3,6,8,10H2/t11-,12+,13+/m1/s1. The Morgan fingerprint density at radius 2 is 1.76 bits per heavy atom. The first-order chi connectivity index (χ1) is 8.03. The molecule has 0 radical (unpaired) electrons. The van der Waals surface area contributed by atoms with Gasteiger partial charge in [0.1, 0.15) is 4.71 Å². The topological polar surface area (TPSA) is 34.1 Å². The number of allylic oxidation sites excluding steroid dienone is 4. The molecule has 17 heavy (non-hydrogen) atoms. The molecule has 1 saturated heterocycles. The molecule has 0 aromatic rings. The van der Waals surface area contributed by atoms with Gasteiger partial charge in [-0.15, -0.1) is 11.6 Å². The third-order valence-electron chi connectivity index (χ3n) is 4.74. The van der Waals surface area contributed by atoms with Crippen LogP contribution in [0.25, 0.3) is 0 Å². The lowest BCUT2D eigenvalue weighted by Gasteiger charge is -2.43. The molecule has 2 fully saturated rings. The lowest BCUT2D eigenvalue weighted by atomic mass is 9.60. The van der Waals surface area contributed by atoms with Crippen molar-refractivity contribution in [2.75, 3.05) is 5.75 Å². The van der Waals surface area contributed by atoms with Gasteiger partial charge in [0.25, 0.3) is 0 Å². The van der Waals surface area contributed by atoms with Gasteiger partial charge in [-0.25, -0.2) is 8.42 Å². The summed E-state index contributed by atoms with van der Waals surface area (Å²) in [6.45, 7) is 0. The van der Waals surface area contributed by atoms with Gasteiger partial charge in [0.05, 0.1) is 5.75 Å². The summed E-state index contributed by atoms with van der Waals surface area (Å²) in [4.78, 5) is 0. The van der Waals surface area contributed by atoms with Gasteiger partial charge in [0, 0.05) is 10.8 Å².